The summed E-state index contributed by atoms with van der Waals surface area (Å²) in [5.74, 6) is -2.38. The van der Waals surface area contributed by atoms with E-state index in [0.29, 0.717) is 6.07 Å². The third-order valence-corrected chi connectivity index (χ3v) is 4.36. The number of benzene rings is 1. The molecule has 0 saturated carbocycles. The molecule has 0 spiro atoms. The van der Waals surface area contributed by atoms with Crippen LogP contribution in [0.3, 0.4) is 0 Å². The molecule has 1 amide bonds. The lowest BCUT2D eigenvalue weighted by molar-refractivity contribution is -0.176. The summed E-state index contributed by atoms with van der Waals surface area (Å²) in [6.07, 6.45) is -6.92. The molecule has 0 aliphatic carbocycles. The van der Waals surface area contributed by atoms with Gasteiger partial charge < -0.3 is 14.8 Å². The maximum Gasteiger partial charge on any atom is 0.422 e. The van der Waals surface area contributed by atoms with E-state index in [-0.39, 0.29) is 17.1 Å². The Morgan fingerprint density at radius 3 is 2.36 bits per heavy atom. The van der Waals surface area contributed by atoms with E-state index in [2.05, 4.69) is 19.8 Å². The Kier molecular flexibility index (Phi) is 7.97. The molecule has 3 aromatic rings. The van der Waals surface area contributed by atoms with Gasteiger partial charge in [-0.25, -0.2) is 4.39 Å². The first-order chi connectivity index (χ1) is 16.8. The fourth-order valence-electron chi connectivity index (χ4n) is 2.87. The van der Waals surface area contributed by atoms with Crippen molar-refractivity contribution in [3.8, 4) is 11.4 Å². The molecule has 3 rings (SSSR count). The van der Waals surface area contributed by atoms with Crippen molar-refractivity contribution in [2.45, 2.75) is 19.0 Å². The number of carbonyl (C=O) groups excluding carboxylic acids is 1. The molecule has 0 bridgehead atoms. The predicted molar refractivity (Wildman–Crippen MR) is 111 cm³/mol. The average molecular weight is 519 g/mol. The third-order valence-electron chi connectivity index (χ3n) is 4.36. The molecule has 14 heteroatoms. The summed E-state index contributed by atoms with van der Waals surface area (Å²) in [7, 11) is 0. The Labute approximate surface area is 198 Å². The van der Waals surface area contributed by atoms with E-state index in [1.54, 1.807) is 0 Å². The number of aromatic nitrogens is 2. The average Bonchev–Trinajstić information content (AvgIpc) is 2.78. The van der Waals surface area contributed by atoms with Crippen LogP contribution in [0.25, 0.3) is 5.69 Å². The molecular formula is C22H16F7N3O4. The number of carbonyl (C=O) groups is 1. The number of anilines is 1. The number of ether oxygens (including phenoxy) is 2. The minimum atomic E-state index is -4.72. The Morgan fingerprint density at radius 1 is 1.00 bits per heavy atom. The fraction of sp³-hybridized carbons (Fsp3) is 0.227. The normalized spacial score (nSPS) is 11.9. The maximum absolute atomic E-state index is 13.6. The number of rotatable bonds is 8. The van der Waals surface area contributed by atoms with Crippen molar-refractivity contribution in [1.82, 2.24) is 9.55 Å². The number of pyridine rings is 2. The zero-order valence-electron chi connectivity index (χ0n) is 18.0. The largest absolute Gasteiger partial charge is 0.482 e. The fourth-order valence-corrected chi connectivity index (χ4v) is 2.87. The molecule has 2 heterocycles. The third kappa shape index (κ3) is 7.53. The molecule has 0 aliphatic rings. The van der Waals surface area contributed by atoms with Gasteiger partial charge in [-0.1, -0.05) is 0 Å². The Hall–Kier alpha value is -3.94. The molecule has 7 nitrogen and oxygen atoms in total. The minimum Gasteiger partial charge on any atom is -0.482 e. The second-order valence-electron chi connectivity index (χ2n) is 7.21. The van der Waals surface area contributed by atoms with E-state index in [1.165, 1.54) is 18.2 Å². The molecule has 0 aliphatic heterocycles. The van der Waals surface area contributed by atoms with Gasteiger partial charge in [0.05, 0.1) is 29.9 Å². The van der Waals surface area contributed by atoms with Gasteiger partial charge in [0.1, 0.15) is 23.7 Å². The standard InChI is InChI=1S/C22H16F7N3O4/c23-13-3-6-17(18(8-13)36-12-22(27,28)29)32-7-1-2-16(20(32)34)19(33)31-14-4-5-15(30-9-14)10-35-11-21(24,25)26/h1-9H,10-12H2,(H,31,33). The first-order valence-electron chi connectivity index (χ1n) is 9.94. The summed E-state index contributed by atoms with van der Waals surface area (Å²) in [6, 6.07) is 7.65. The molecule has 0 unspecified atom stereocenters. The van der Waals surface area contributed by atoms with Crippen LogP contribution < -0.4 is 15.6 Å². The molecule has 192 valence electrons. The van der Waals surface area contributed by atoms with Crippen molar-refractivity contribution in [3.63, 3.8) is 0 Å². The predicted octanol–water partition coefficient (Wildman–Crippen LogP) is 4.64. The van der Waals surface area contributed by atoms with Gasteiger partial charge in [-0.3, -0.25) is 19.1 Å². The van der Waals surface area contributed by atoms with Crippen LogP contribution in [0.5, 0.6) is 5.75 Å². The molecular weight excluding hydrogens is 503 g/mol. The highest BCUT2D eigenvalue weighted by Gasteiger charge is 2.29. The second-order valence-corrected chi connectivity index (χ2v) is 7.21. The Bertz CT molecular complexity index is 1270. The van der Waals surface area contributed by atoms with Crippen molar-refractivity contribution in [3.05, 3.63) is 82.3 Å². The zero-order chi connectivity index (χ0) is 26.5. The van der Waals surface area contributed by atoms with E-state index in [4.69, 9.17) is 0 Å². The van der Waals surface area contributed by atoms with Gasteiger partial charge in [-0.15, -0.1) is 0 Å². The second kappa shape index (κ2) is 10.8. The lowest BCUT2D eigenvalue weighted by atomic mass is 10.2. The summed E-state index contributed by atoms with van der Waals surface area (Å²) >= 11 is 0. The lowest BCUT2D eigenvalue weighted by Gasteiger charge is -2.15. The van der Waals surface area contributed by atoms with E-state index < -0.39 is 60.8 Å². The molecule has 0 atom stereocenters. The quantitative estimate of drug-likeness (QED) is 0.439. The van der Waals surface area contributed by atoms with Gasteiger partial charge in [0.15, 0.2) is 6.61 Å². The number of hydrogen-bond acceptors (Lipinski definition) is 5. The number of nitrogens with zero attached hydrogens (tertiary/aromatic N) is 2. The zero-order valence-corrected chi connectivity index (χ0v) is 18.0. The summed E-state index contributed by atoms with van der Waals surface area (Å²) < 4.78 is 97.7. The van der Waals surface area contributed by atoms with Crippen LogP contribution in [0, 0.1) is 5.82 Å². The van der Waals surface area contributed by atoms with Gasteiger partial charge in [0, 0.05) is 12.3 Å². The highest BCUT2D eigenvalue weighted by Crippen LogP contribution is 2.26. The van der Waals surface area contributed by atoms with Crippen LogP contribution in [0.15, 0.2) is 59.7 Å². The van der Waals surface area contributed by atoms with E-state index in [0.717, 1.165) is 35.2 Å². The van der Waals surface area contributed by atoms with Crippen molar-refractivity contribution in [2.75, 3.05) is 18.5 Å². The molecule has 2 aromatic heterocycles. The topological polar surface area (TPSA) is 82.4 Å². The van der Waals surface area contributed by atoms with Gasteiger partial charge in [0.2, 0.25) is 0 Å². The summed E-state index contributed by atoms with van der Waals surface area (Å²) in [5, 5.41) is 2.38. The van der Waals surface area contributed by atoms with Gasteiger partial charge in [0.25, 0.3) is 11.5 Å². The van der Waals surface area contributed by atoms with Crippen LogP contribution in [0.2, 0.25) is 0 Å². The van der Waals surface area contributed by atoms with Crippen molar-refractivity contribution < 1.29 is 45.0 Å². The number of nitrogens with one attached hydrogen (secondary N) is 1. The first kappa shape index (κ1) is 26.7. The number of amides is 1. The Morgan fingerprint density at radius 2 is 1.72 bits per heavy atom. The number of halogens is 7. The van der Waals surface area contributed by atoms with Gasteiger partial charge in [-0.2, -0.15) is 26.3 Å². The smallest absolute Gasteiger partial charge is 0.422 e. The van der Waals surface area contributed by atoms with Crippen LogP contribution in [-0.4, -0.2) is 41.0 Å². The molecule has 36 heavy (non-hydrogen) atoms. The van der Waals surface area contributed by atoms with E-state index >= 15 is 0 Å². The van der Waals surface area contributed by atoms with Crippen LogP contribution in [0.1, 0.15) is 16.1 Å². The summed E-state index contributed by atoms with van der Waals surface area (Å²) in [6.45, 7) is -3.61. The lowest BCUT2D eigenvalue weighted by Crippen LogP contribution is -2.28. The molecule has 0 saturated heterocycles. The summed E-state index contributed by atoms with van der Waals surface area (Å²) in [5.41, 5.74) is -1.33. The first-order valence-corrected chi connectivity index (χ1v) is 9.94. The van der Waals surface area contributed by atoms with Crippen molar-refractivity contribution in [2.24, 2.45) is 0 Å². The Balaban J connectivity index is 1.78. The van der Waals surface area contributed by atoms with Crippen molar-refractivity contribution in [1.29, 1.82) is 0 Å². The SMILES string of the molecule is O=C(Nc1ccc(COCC(F)(F)F)nc1)c1cccn(-c2ccc(F)cc2OCC(F)(F)F)c1=O. The van der Waals surface area contributed by atoms with Gasteiger partial charge >= 0.3 is 12.4 Å². The number of alkyl halides is 6. The van der Waals surface area contributed by atoms with Crippen LogP contribution in [-0.2, 0) is 11.3 Å². The molecule has 1 N–H and O–H groups in total. The van der Waals surface area contributed by atoms with E-state index in [9.17, 15) is 40.3 Å². The molecule has 0 radical (unpaired) electrons. The molecule has 1 aromatic carbocycles. The van der Waals surface area contributed by atoms with Crippen LogP contribution in [0.4, 0.5) is 36.4 Å². The van der Waals surface area contributed by atoms with Crippen LogP contribution >= 0.6 is 0 Å². The monoisotopic (exact) mass is 519 g/mol. The molecule has 0 fully saturated rings. The van der Waals surface area contributed by atoms with E-state index in [1.807, 2.05) is 0 Å². The number of hydrogen-bond donors (Lipinski definition) is 1. The summed E-state index contributed by atoms with van der Waals surface area (Å²) in [4.78, 5) is 29.4. The highest BCUT2D eigenvalue weighted by molar-refractivity contribution is 6.03. The van der Waals surface area contributed by atoms with Gasteiger partial charge in [-0.05, 0) is 36.4 Å². The minimum absolute atomic E-state index is 0.102. The van der Waals surface area contributed by atoms with Crippen molar-refractivity contribution >= 4 is 11.6 Å². The maximum atomic E-state index is 13.6. The highest BCUT2D eigenvalue weighted by atomic mass is 19.4.